The Morgan fingerprint density at radius 3 is 2.88 bits per heavy atom. The highest BCUT2D eigenvalue weighted by molar-refractivity contribution is 5.38. The third kappa shape index (κ3) is 2.90. The van der Waals surface area contributed by atoms with E-state index >= 15 is 0 Å². The maximum absolute atomic E-state index is 13.8. The van der Waals surface area contributed by atoms with Crippen molar-refractivity contribution in [1.82, 2.24) is 19.7 Å². The van der Waals surface area contributed by atoms with Crippen molar-refractivity contribution in [1.29, 1.82) is 0 Å². The van der Waals surface area contributed by atoms with Crippen molar-refractivity contribution in [2.75, 3.05) is 18.0 Å². The molecule has 0 unspecified atom stereocenters. The van der Waals surface area contributed by atoms with Gasteiger partial charge in [0, 0.05) is 25.7 Å². The Kier molecular flexibility index (Phi) is 4.00. The molecule has 2 aromatic rings. The van der Waals surface area contributed by atoms with E-state index in [1.165, 1.54) is 12.5 Å². The summed E-state index contributed by atoms with van der Waals surface area (Å²) in [7, 11) is 0. The van der Waals surface area contributed by atoms with Gasteiger partial charge in [-0.3, -0.25) is 4.79 Å². The Morgan fingerprint density at radius 2 is 2.08 bits per heavy atom. The average molecular weight is 329 g/mol. The SMILES string of the molecule is O=c1cc2c(nn1CC1CCN(c3ncncc3F)CC1)CCC2. The van der Waals surface area contributed by atoms with Crippen molar-refractivity contribution in [3.05, 3.63) is 46.0 Å². The average Bonchev–Trinajstić information content (AvgIpc) is 3.03. The van der Waals surface area contributed by atoms with Crippen molar-refractivity contribution in [2.24, 2.45) is 5.92 Å². The summed E-state index contributed by atoms with van der Waals surface area (Å²) < 4.78 is 15.4. The maximum Gasteiger partial charge on any atom is 0.267 e. The quantitative estimate of drug-likeness (QED) is 0.855. The normalized spacial score (nSPS) is 18.0. The lowest BCUT2D eigenvalue weighted by molar-refractivity contribution is 0.331. The van der Waals surface area contributed by atoms with Crippen molar-refractivity contribution >= 4 is 5.82 Å². The second-order valence-electron chi connectivity index (χ2n) is 6.61. The monoisotopic (exact) mass is 329 g/mol. The van der Waals surface area contributed by atoms with E-state index in [2.05, 4.69) is 15.1 Å². The summed E-state index contributed by atoms with van der Waals surface area (Å²) in [6, 6.07) is 1.75. The minimum absolute atomic E-state index is 0.0000699. The molecule has 24 heavy (non-hydrogen) atoms. The number of hydrogen-bond donors (Lipinski definition) is 0. The van der Waals surface area contributed by atoms with E-state index in [0.717, 1.165) is 56.5 Å². The molecule has 4 rings (SSSR count). The van der Waals surface area contributed by atoms with Crippen molar-refractivity contribution in [2.45, 2.75) is 38.6 Å². The fraction of sp³-hybridized carbons (Fsp3) is 0.529. The van der Waals surface area contributed by atoms with Gasteiger partial charge in [0.05, 0.1) is 11.9 Å². The minimum Gasteiger partial charge on any atom is -0.354 e. The van der Waals surface area contributed by atoms with Gasteiger partial charge in [0.25, 0.3) is 5.56 Å². The lowest BCUT2D eigenvalue weighted by Gasteiger charge is -2.32. The summed E-state index contributed by atoms with van der Waals surface area (Å²) in [6.45, 7) is 2.11. The Labute approximate surface area is 139 Å². The molecule has 126 valence electrons. The van der Waals surface area contributed by atoms with Gasteiger partial charge >= 0.3 is 0 Å². The van der Waals surface area contributed by atoms with Gasteiger partial charge in [-0.15, -0.1) is 0 Å². The zero-order valence-corrected chi connectivity index (χ0v) is 13.5. The summed E-state index contributed by atoms with van der Waals surface area (Å²) in [5.41, 5.74) is 2.19. The van der Waals surface area contributed by atoms with E-state index in [9.17, 15) is 9.18 Å². The van der Waals surface area contributed by atoms with Crippen LogP contribution < -0.4 is 10.5 Å². The highest BCUT2D eigenvalue weighted by atomic mass is 19.1. The molecular formula is C17H20FN5O. The van der Waals surface area contributed by atoms with Gasteiger partial charge in [-0.1, -0.05) is 0 Å². The molecule has 0 aromatic carbocycles. The van der Waals surface area contributed by atoms with E-state index in [4.69, 9.17) is 0 Å². The van der Waals surface area contributed by atoms with Crippen LogP contribution in [0, 0.1) is 11.7 Å². The molecule has 1 aliphatic heterocycles. The Hall–Kier alpha value is -2.31. The van der Waals surface area contributed by atoms with E-state index in [0.29, 0.717) is 18.3 Å². The van der Waals surface area contributed by atoms with Gasteiger partial charge in [0.15, 0.2) is 11.6 Å². The van der Waals surface area contributed by atoms with Crippen molar-refractivity contribution in [3.63, 3.8) is 0 Å². The van der Waals surface area contributed by atoms with Gasteiger partial charge in [-0.25, -0.2) is 19.0 Å². The summed E-state index contributed by atoms with van der Waals surface area (Å²) >= 11 is 0. The molecule has 0 amide bonds. The molecule has 1 fully saturated rings. The highest BCUT2D eigenvalue weighted by Crippen LogP contribution is 2.24. The smallest absolute Gasteiger partial charge is 0.267 e. The molecule has 0 bridgehead atoms. The molecule has 2 aliphatic rings. The molecule has 7 heteroatoms. The lowest BCUT2D eigenvalue weighted by atomic mass is 9.97. The van der Waals surface area contributed by atoms with Crippen molar-refractivity contribution in [3.8, 4) is 0 Å². The molecule has 0 saturated carbocycles. The summed E-state index contributed by atoms with van der Waals surface area (Å²) in [4.78, 5) is 21.9. The number of fused-ring (bicyclic) bond motifs is 1. The number of halogens is 1. The van der Waals surface area contributed by atoms with E-state index in [-0.39, 0.29) is 11.4 Å². The van der Waals surface area contributed by atoms with Gasteiger partial charge < -0.3 is 4.90 Å². The standard InChI is InChI=1S/C17H20FN5O/c18-14-9-19-11-20-17(14)22-6-4-12(5-7-22)10-23-16(24)8-13-2-1-3-15(13)21-23/h8-9,11-12H,1-7,10H2. The molecule has 3 heterocycles. The third-order valence-corrected chi connectivity index (χ3v) is 5.02. The van der Waals surface area contributed by atoms with Gasteiger partial charge in [-0.2, -0.15) is 5.10 Å². The molecule has 0 N–H and O–H groups in total. The van der Waals surface area contributed by atoms with Crippen LogP contribution in [0.3, 0.4) is 0 Å². The van der Waals surface area contributed by atoms with Crippen LogP contribution >= 0.6 is 0 Å². The largest absolute Gasteiger partial charge is 0.354 e. The van der Waals surface area contributed by atoms with Crippen LogP contribution in [0.5, 0.6) is 0 Å². The Morgan fingerprint density at radius 1 is 1.25 bits per heavy atom. The van der Waals surface area contributed by atoms with E-state index in [1.54, 1.807) is 10.7 Å². The predicted molar refractivity (Wildman–Crippen MR) is 87.4 cm³/mol. The topological polar surface area (TPSA) is 63.9 Å². The second-order valence-corrected chi connectivity index (χ2v) is 6.61. The number of aryl methyl sites for hydroxylation is 2. The van der Waals surface area contributed by atoms with Crippen LogP contribution in [0.1, 0.15) is 30.5 Å². The zero-order chi connectivity index (χ0) is 16.5. The first-order chi connectivity index (χ1) is 11.7. The van der Waals surface area contributed by atoms with Gasteiger partial charge in [-0.05, 0) is 43.6 Å². The minimum atomic E-state index is -0.382. The number of aromatic nitrogens is 4. The Bertz CT molecular complexity index is 798. The number of hydrogen-bond acceptors (Lipinski definition) is 5. The highest BCUT2D eigenvalue weighted by Gasteiger charge is 2.24. The van der Waals surface area contributed by atoms with Crippen molar-refractivity contribution < 1.29 is 4.39 Å². The lowest BCUT2D eigenvalue weighted by Crippen LogP contribution is -2.37. The number of nitrogens with zero attached hydrogens (tertiary/aromatic N) is 5. The number of piperidine rings is 1. The van der Waals surface area contributed by atoms with Crippen LogP contribution in [-0.4, -0.2) is 32.8 Å². The Balaban J connectivity index is 1.42. The third-order valence-electron chi connectivity index (χ3n) is 5.02. The first kappa shape index (κ1) is 15.2. The molecule has 0 radical (unpaired) electrons. The van der Waals surface area contributed by atoms with Crippen LogP contribution in [0.25, 0.3) is 0 Å². The number of anilines is 1. The molecule has 2 aromatic heterocycles. The molecule has 1 aliphatic carbocycles. The van der Waals surface area contributed by atoms with Gasteiger partial charge in [0.2, 0.25) is 0 Å². The van der Waals surface area contributed by atoms with Crippen LogP contribution in [0.2, 0.25) is 0 Å². The molecule has 0 spiro atoms. The van der Waals surface area contributed by atoms with E-state index < -0.39 is 0 Å². The van der Waals surface area contributed by atoms with Crippen LogP contribution in [0.15, 0.2) is 23.4 Å². The summed E-state index contributed by atoms with van der Waals surface area (Å²) in [5.74, 6) is 0.375. The molecule has 1 saturated heterocycles. The molecule has 0 atom stereocenters. The summed E-state index contributed by atoms with van der Waals surface area (Å²) in [6.07, 6.45) is 7.40. The predicted octanol–water partition coefficient (Wildman–Crippen LogP) is 1.58. The zero-order valence-electron chi connectivity index (χ0n) is 13.5. The first-order valence-electron chi connectivity index (χ1n) is 8.51. The fourth-order valence-corrected chi connectivity index (χ4v) is 3.68. The first-order valence-corrected chi connectivity index (χ1v) is 8.51. The van der Waals surface area contributed by atoms with Crippen LogP contribution in [0.4, 0.5) is 10.2 Å². The number of rotatable bonds is 3. The second kappa shape index (κ2) is 6.30. The molecule has 6 nitrogen and oxygen atoms in total. The van der Waals surface area contributed by atoms with Crippen LogP contribution in [-0.2, 0) is 19.4 Å². The van der Waals surface area contributed by atoms with E-state index in [1.807, 2.05) is 4.90 Å². The summed E-state index contributed by atoms with van der Waals surface area (Å²) in [5, 5.41) is 4.55. The fourth-order valence-electron chi connectivity index (χ4n) is 3.68. The maximum atomic E-state index is 13.8. The van der Waals surface area contributed by atoms with Gasteiger partial charge in [0.1, 0.15) is 6.33 Å². The molecular weight excluding hydrogens is 309 g/mol.